The molecule has 0 saturated heterocycles. The van der Waals surface area contributed by atoms with Gasteiger partial charge in [-0.05, 0) is 36.5 Å². The molecule has 2 aromatic heterocycles. The topological polar surface area (TPSA) is 57.0 Å². The molecule has 22 heavy (non-hydrogen) atoms. The fourth-order valence-electron chi connectivity index (χ4n) is 2.17. The molecule has 0 atom stereocenters. The Morgan fingerprint density at radius 2 is 1.95 bits per heavy atom. The number of hydrogen-bond donors (Lipinski definition) is 0. The first kappa shape index (κ1) is 18.0. The van der Waals surface area contributed by atoms with E-state index in [1.165, 1.54) is 18.4 Å². The van der Waals surface area contributed by atoms with Crippen LogP contribution in [0.4, 0.5) is 0 Å². The van der Waals surface area contributed by atoms with Gasteiger partial charge in [0.2, 0.25) is 0 Å². The van der Waals surface area contributed by atoms with Gasteiger partial charge in [0.05, 0.1) is 5.69 Å². The summed E-state index contributed by atoms with van der Waals surface area (Å²) in [7, 11) is 5.10. The van der Waals surface area contributed by atoms with Gasteiger partial charge in [0.15, 0.2) is 6.29 Å². The van der Waals surface area contributed by atoms with Gasteiger partial charge in [-0.15, -0.1) is 0 Å². The zero-order chi connectivity index (χ0) is 16.5. The predicted molar refractivity (Wildman–Crippen MR) is 88.1 cm³/mol. The second-order valence-electron chi connectivity index (χ2n) is 4.84. The molecule has 1 aliphatic carbocycles. The number of aromatic nitrogens is 3. The maximum atomic E-state index is 10.7. The SMILES string of the molecule is CC.COC.Cn1nc(C=O)cc1-c1cnccc1C1CC1. The average molecular weight is 303 g/mol. The van der Waals surface area contributed by atoms with Gasteiger partial charge in [0.1, 0.15) is 5.69 Å². The highest BCUT2D eigenvalue weighted by atomic mass is 16.4. The molecule has 3 rings (SSSR count). The number of ether oxygens (including phenoxy) is 1. The molecule has 2 heterocycles. The van der Waals surface area contributed by atoms with Crippen LogP contribution >= 0.6 is 0 Å². The average Bonchev–Trinajstić information content (AvgIpc) is 3.33. The van der Waals surface area contributed by atoms with Crippen molar-refractivity contribution in [1.82, 2.24) is 14.8 Å². The van der Waals surface area contributed by atoms with E-state index in [-0.39, 0.29) is 0 Å². The molecule has 1 saturated carbocycles. The molecular formula is C17H25N3O2. The Morgan fingerprint density at radius 1 is 1.32 bits per heavy atom. The number of hydrogen-bond acceptors (Lipinski definition) is 4. The van der Waals surface area contributed by atoms with Crippen LogP contribution in [0.1, 0.15) is 48.7 Å². The smallest absolute Gasteiger partial charge is 0.170 e. The standard InChI is InChI=1S/C13H13N3O.C2H6O.C2H6/c1-16-13(6-10(8-17)15-16)12-7-14-5-4-11(12)9-2-3-9;1-3-2;1-2/h4-9H,2-3H2,1H3;1-2H3;1-2H3. The van der Waals surface area contributed by atoms with Crippen LogP contribution in [0.2, 0.25) is 0 Å². The molecular weight excluding hydrogens is 278 g/mol. The van der Waals surface area contributed by atoms with Crippen molar-refractivity contribution in [3.63, 3.8) is 0 Å². The lowest BCUT2D eigenvalue weighted by molar-refractivity contribution is 0.111. The van der Waals surface area contributed by atoms with E-state index in [1.807, 2.05) is 39.4 Å². The molecule has 0 spiro atoms. The summed E-state index contributed by atoms with van der Waals surface area (Å²) in [5.74, 6) is 0.655. The number of carbonyl (C=O) groups excluding carboxylic acids is 1. The second kappa shape index (κ2) is 9.10. The van der Waals surface area contributed by atoms with Crippen molar-refractivity contribution < 1.29 is 9.53 Å². The maximum Gasteiger partial charge on any atom is 0.170 e. The van der Waals surface area contributed by atoms with Crippen LogP contribution in [0, 0.1) is 0 Å². The monoisotopic (exact) mass is 303 g/mol. The number of carbonyl (C=O) groups is 1. The summed E-state index contributed by atoms with van der Waals surface area (Å²) in [4.78, 5) is 14.9. The van der Waals surface area contributed by atoms with E-state index in [1.54, 1.807) is 18.9 Å². The van der Waals surface area contributed by atoms with Crippen LogP contribution < -0.4 is 0 Å². The highest BCUT2D eigenvalue weighted by Crippen LogP contribution is 2.43. The van der Waals surface area contributed by atoms with E-state index in [0.717, 1.165) is 17.5 Å². The molecule has 0 unspecified atom stereocenters. The minimum Gasteiger partial charge on any atom is -0.388 e. The summed E-state index contributed by atoms with van der Waals surface area (Å²) in [6, 6.07) is 3.89. The number of pyridine rings is 1. The van der Waals surface area contributed by atoms with Crippen LogP contribution in [-0.4, -0.2) is 35.3 Å². The number of methoxy groups -OCH3 is 1. The second-order valence-corrected chi connectivity index (χ2v) is 4.84. The first-order valence-electron chi connectivity index (χ1n) is 7.54. The molecule has 1 aliphatic rings. The Kier molecular flexibility index (Phi) is 7.46. The molecule has 1 fully saturated rings. The molecule has 0 amide bonds. The van der Waals surface area contributed by atoms with E-state index in [2.05, 4.69) is 20.9 Å². The van der Waals surface area contributed by atoms with E-state index in [0.29, 0.717) is 11.6 Å². The quantitative estimate of drug-likeness (QED) is 0.815. The Hall–Kier alpha value is -2.01. The lowest BCUT2D eigenvalue weighted by Crippen LogP contribution is -1.97. The first-order chi connectivity index (χ1) is 10.7. The van der Waals surface area contributed by atoms with Crippen molar-refractivity contribution in [2.24, 2.45) is 7.05 Å². The van der Waals surface area contributed by atoms with Crippen LogP contribution in [0.25, 0.3) is 11.3 Å². The summed E-state index contributed by atoms with van der Waals surface area (Å²) in [6.45, 7) is 4.00. The van der Waals surface area contributed by atoms with Gasteiger partial charge in [-0.1, -0.05) is 13.8 Å². The van der Waals surface area contributed by atoms with Crippen LogP contribution in [0.15, 0.2) is 24.5 Å². The normalized spacial score (nSPS) is 12.6. The van der Waals surface area contributed by atoms with Crippen molar-refractivity contribution in [3.8, 4) is 11.3 Å². The van der Waals surface area contributed by atoms with E-state index in [9.17, 15) is 4.79 Å². The minimum atomic E-state index is 0.466. The molecule has 120 valence electrons. The highest BCUT2D eigenvalue weighted by Gasteiger charge is 2.27. The van der Waals surface area contributed by atoms with Gasteiger partial charge in [-0.25, -0.2) is 0 Å². The minimum absolute atomic E-state index is 0.466. The molecule has 5 nitrogen and oxygen atoms in total. The fourth-order valence-corrected chi connectivity index (χ4v) is 2.17. The third kappa shape index (κ3) is 4.49. The van der Waals surface area contributed by atoms with Gasteiger partial charge >= 0.3 is 0 Å². The summed E-state index contributed by atoms with van der Waals surface area (Å²) < 4.78 is 5.99. The number of aldehydes is 1. The van der Waals surface area contributed by atoms with Crippen LogP contribution in [-0.2, 0) is 11.8 Å². The predicted octanol–water partition coefficient (Wildman–Crippen LogP) is 3.46. The Labute approximate surface area is 132 Å². The van der Waals surface area contributed by atoms with Crippen LogP contribution in [0.3, 0.4) is 0 Å². The summed E-state index contributed by atoms with van der Waals surface area (Å²) >= 11 is 0. The van der Waals surface area contributed by atoms with E-state index in [4.69, 9.17) is 0 Å². The zero-order valence-electron chi connectivity index (χ0n) is 14.0. The highest BCUT2D eigenvalue weighted by molar-refractivity contribution is 5.76. The van der Waals surface area contributed by atoms with Gasteiger partial charge in [0, 0.05) is 39.2 Å². The Morgan fingerprint density at radius 3 is 2.45 bits per heavy atom. The van der Waals surface area contributed by atoms with E-state index >= 15 is 0 Å². The van der Waals surface area contributed by atoms with Crippen LogP contribution in [0.5, 0.6) is 0 Å². The molecule has 0 aromatic carbocycles. The fraction of sp³-hybridized carbons (Fsp3) is 0.471. The number of aryl methyl sites for hydroxylation is 1. The third-order valence-corrected chi connectivity index (χ3v) is 3.17. The largest absolute Gasteiger partial charge is 0.388 e. The molecule has 2 aromatic rings. The van der Waals surface area contributed by atoms with Gasteiger partial charge < -0.3 is 4.74 Å². The summed E-state index contributed by atoms with van der Waals surface area (Å²) in [5.41, 5.74) is 3.84. The zero-order valence-corrected chi connectivity index (χ0v) is 14.0. The van der Waals surface area contributed by atoms with Crippen molar-refractivity contribution in [2.75, 3.05) is 14.2 Å². The third-order valence-electron chi connectivity index (χ3n) is 3.17. The lowest BCUT2D eigenvalue weighted by Gasteiger charge is -2.07. The molecule has 0 aliphatic heterocycles. The summed E-state index contributed by atoms with van der Waals surface area (Å²) in [6.07, 6.45) is 6.95. The molecule has 0 radical (unpaired) electrons. The molecule has 0 N–H and O–H groups in total. The molecule has 5 heteroatoms. The number of nitrogens with zero attached hydrogens (tertiary/aromatic N) is 3. The van der Waals surface area contributed by atoms with Gasteiger partial charge in [-0.2, -0.15) is 5.10 Å². The van der Waals surface area contributed by atoms with E-state index < -0.39 is 0 Å². The van der Waals surface area contributed by atoms with Crippen molar-refractivity contribution >= 4 is 6.29 Å². The van der Waals surface area contributed by atoms with Crippen molar-refractivity contribution in [1.29, 1.82) is 0 Å². The Bertz CT molecular complexity index is 589. The number of rotatable bonds is 3. The Balaban J connectivity index is 0.000000435. The van der Waals surface area contributed by atoms with Gasteiger partial charge in [-0.3, -0.25) is 14.5 Å². The lowest BCUT2D eigenvalue weighted by atomic mass is 10.0. The van der Waals surface area contributed by atoms with Gasteiger partial charge in [0.25, 0.3) is 0 Å². The maximum absolute atomic E-state index is 10.7. The summed E-state index contributed by atoms with van der Waals surface area (Å²) in [5, 5.41) is 4.15. The first-order valence-corrected chi connectivity index (χ1v) is 7.54. The molecule has 0 bridgehead atoms. The van der Waals surface area contributed by atoms with Crippen molar-refractivity contribution in [2.45, 2.75) is 32.6 Å². The van der Waals surface area contributed by atoms with Crippen molar-refractivity contribution in [3.05, 3.63) is 35.8 Å².